The van der Waals surface area contributed by atoms with E-state index in [9.17, 15) is 0 Å². The van der Waals surface area contributed by atoms with Gasteiger partial charge in [0.1, 0.15) is 5.75 Å². The van der Waals surface area contributed by atoms with Crippen LogP contribution in [0.2, 0.25) is 0 Å². The van der Waals surface area contributed by atoms with Gasteiger partial charge in [0.25, 0.3) is 0 Å². The molecule has 1 aromatic heterocycles. The van der Waals surface area contributed by atoms with Gasteiger partial charge in [0.2, 0.25) is 0 Å². The minimum Gasteiger partial charge on any atom is -0.491 e. The van der Waals surface area contributed by atoms with Crippen LogP contribution in [-0.2, 0) is 6.42 Å². The summed E-state index contributed by atoms with van der Waals surface area (Å²) in [6.45, 7) is 6.21. The van der Waals surface area contributed by atoms with Gasteiger partial charge in [-0.15, -0.1) is 22.9 Å². The molecular formula is C16H19ClOS. The molecular weight excluding hydrogens is 276 g/mol. The average molecular weight is 295 g/mol. The van der Waals surface area contributed by atoms with Crippen LogP contribution in [0.3, 0.4) is 0 Å². The van der Waals surface area contributed by atoms with Crippen molar-refractivity contribution in [1.29, 1.82) is 0 Å². The third kappa shape index (κ3) is 3.74. The first-order valence-corrected chi connectivity index (χ1v) is 7.84. The fourth-order valence-electron chi connectivity index (χ4n) is 1.87. The van der Waals surface area contributed by atoms with E-state index in [-0.39, 0.29) is 11.5 Å². The molecule has 1 nitrogen and oxygen atoms in total. The quantitative estimate of drug-likeness (QED) is 0.669. The fourth-order valence-corrected chi connectivity index (χ4v) is 3.18. The van der Waals surface area contributed by atoms with E-state index >= 15 is 0 Å². The molecule has 0 N–H and O–H groups in total. The maximum Gasteiger partial charge on any atom is 0.119 e. The summed E-state index contributed by atoms with van der Waals surface area (Å²) in [6.07, 6.45) is 1.26. The second kappa shape index (κ2) is 6.44. The molecule has 1 aromatic carbocycles. The highest BCUT2D eigenvalue weighted by Crippen LogP contribution is 2.34. The van der Waals surface area contributed by atoms with Crippen LogP contribution in [0.25, 0.3) is 0 Å². The highest BCUT2D eigenvalue weighted by molar-refractivity contribution is 7.12. The lowest BCUT2D eigenvalue weighted by atomic mass is 10.1. The maximum absolute atomic E-state index is 6.53. The molecule has 1 unspecified atom stereocenters. The van der Waals surface area contributed by atoms with Crippen LogP contribution in [0.5, 0.6) is 5.75 Å². The van der Waals surface area contributed by atoms with Crippen LogP contribution in [0.4, 0.5) is 0 Å². The second-order valence-electron chi connectivity index (χ2n) is 4.76. The second-order valence-corrected chi connectivity index (χ2v) is 6.39. The molecule has 3 heteroatoms. The van der Waals surface area contributed by atoms with Crippen molar-refractivity contribution in [2.75, 3.05) is 0 Å². The highest BCUT2D eigenvalue weighted by atomic mass is 35.5. The minimum absolute atomic E-state index is 0.0709. The standard InChI is InChI=1S/C16H19ClOS/c1-4-14-9-10-15(19-14)16(17)12-5-7-13(8-6-12)18-11(2)3/h5-11,16H,4H2,1-3H3. The van der Waals surface area contributed by atoms with Crippen LogP contribution < -0.4 is 4.74 Å². The van der Waals surface area contributed by atoms with Gasteiger partial charge >= 0.3 is 0 Å². The number of thiophene rings is 1. The third-order valence-electron chi connectivity index (χ3n) is 2.83. The van der Waals surface area contributed by atoms with Gasteiger partial charge in [0, 0.05) is 9.75 Å². The molecule has 0 saturated heterocycles. The Bertz CT molecular complexity index is 516. The Balaban J connectivity index is 2.12. The van der Waals surface area contributed by atoms with Crippen LogP contribution in [0.15, 0.2) is 36.4 Å². The number of hydrogen-bond donors (Lipinski definition) is 0. The van der Waals surface area contributed by atoms with Crippen molar-refractivity contribution in [2.45, 2.75) is 38.7 Å². The molecule has 1 heterocycles. The zero-order valence-electron chi connectivity index (χ0n) is 11.5. The van der Waals surface area contributed by atoms with Gasteiger partial charge in [0.15, 0.2) is 0 Å². The van der Waals surface area contributed by atoms with Gasteiger partial charge in [-0.2, -0.15) is 0 Å². The molecule has 19 heavy (non-hydrogen) atoms. The molecule has 2 aromatic rings. The summed E-state index contributed by atoms with van der Waals surface area (Å²) in [4.78, 5) is 2.58. The van der Waals surface area contributed by atoms with E-state index in [0.717, 1.165) is 17.7 Å². The summed E-state index contributed by atoms with van der Waals surface area (Å²) in [7, 11) is 0. The van der Waals surface area contributed by atoms with Crippen molar-refractivity contribution in [3.05, 3.63) is 51.7 Å². The smallest absolute Gasteiger partial charge is 0.119 e. The zero-order valence-corrected chi connectivity index (χ0v) is 13.1. The number of alkyl halides is 1. The van der Waals surface area contributed by atoms with E-state index < -0.39 is 0 Å². The Hall–Kier alpha value is -0.990. The summed E-state index contributed by atoms with van der Waals surface area (Å²) in [5, 5.41) is -0.0709. The highest BCUT2D eigenvalue weighted by Gasteiger charge is 2.13. The molecule has 1 atom stereocenters. The van der Waals surface area contributed by atoms with Crippen LogP contribution in [0, 0.1) is 0 Å². The molecule has 0 fully saturated rings. The van der Waals surface area contributed by atoms with Crippen LogP contribution in [0.1, 0.15) is 41.5 Å². The molecule has 0 spiro atoms. The van der Waals surface area contributed by atoms with E-state index in [1.807, 2.05) is 38.1 Å². The number of ether oxygens (including phenoxy) is 1. The van der Waals surface area contributed by atoms with E-state index in [2.05, 4.69) is 19.1 Å². The first-order chi connectivity index (χ1) is 9.10. The van der Waals surface area contributed by atoms with Gasteiger partial charge < -0.3 is 4.74 Å². The largest absolute Gasteiger partial charge is 0.491 e. The van der Waals surface area contributed by atoms with Crippen LogP contribution >= 0.6 is 22.9 Å². The predicted octanol–water partition coefficient (Wildman–Crippen LogP) is 5.43. The van der Waals surface area contributed by atoms with Crippen molar-refractivity contribution in [2.24, 2.45) is 0 Å². The summed E-state index contributed by atoms with van der Waals surface area (Å²) < 4.78 is 5.64. The summed E-state index contributed by atoms with van der Waals surface area (Å²) >= 11 is 8.32. The molecule has 0 amide bonds. The van der Waals surface area contributed by atoms with E-state index in [4.69, 9.17) is 16.3 Å². The molecule has 0 bridgehead atoms. The normalized spacial score (nSPS) is 12.7. The molecule has 102 valence electrons. The zero-order chi connectivity index (χ0) is 13.8. The molecule has 0 aliphatic rings. The van der Waals surface area contributed by atoms with E-state index in [1.54, 1.807) is 11.3 Å². The number of halogens is 1. The summed E-state index contributed by atoms with van der Waals surface area (Å²) in [5.74, 6) is 0.892. The topological polar surface area (TPSA) is 9.23 Å². The number of aryl methyl sites for hydroxylation is 1. The van der Waals surface area contributed by atoms with Gasteiger partial charge in [0.05, 0.1) is 11.5 Å². The Morgan fingerprint density at radius 1 is 1.11 bits per heavy atom. The lowest BCUT2D eigenvalue weighted by molar-refractivity contribution is 0.242. The minimum atomic E-state index is -0.0709. The Kier molecular flexibility index (Phi) is 4.89. The fraction of sp³-hybridized carbons (Fsp3) is 0.375. The molecule has 2 rings (SSSR count). The number of rotatable bonds is 5. The summed E-state index contributed by atoms with van der Waals surface area (Å²) in [6, 6.07) is 12.3. The molecule has 0 saturated carbocycles. The van der Waals surface area contributed by atoms with Gasteiger partial charge in [-0.25, -0.2) is 0 Å². The van der Waals surface area contributed by atoms with Crippen molar-refractivity contribution >= 4 is 22.9 Å². The van der Waals surface area contributed by atoms with Gasteiger partial charge in [-0.3, -0.25) is 0 Å². The summed E-state index contributed by atoms with van der Waals surface area (Å²) in [5.41, 5.74) is 1.11. The van der Waals surface area contributed by atoms with E-state index in [0.29, 0.717) is 0 Å². The first-order valence-electron chi connectivity index (χ1n) is 6.59. The van der Waals surface area contributed by atoms with Gasteiger partial charge in [-0.05, 0) is 50.1 Å². The van der Waals surface area contributed by atoms with Crippen molar-refractivity contribution in [3.8, 4) is 5.75 Å². The van der Waals surface area contributed by atoms with E-state index in [1.165, 1.54) is 9.75 Å². The first kappa shape index (κ1) is 14.4. The average Bonchev–Trinajstić information content (AvgIpc) is 2.87. The van der Waals surface area contributed by atoms with Crippen LogP contribution in [-0.4, -0.2) is 6.10 Å². The SMILES string of the molecule is CCc1ccc(C(Cl)c2ccc(OC(C)C)cc2)s1. The maximum atomic E-state index is 6.53. The Labute approximate surface area is 124 Å². The lowest BCUT2D eigenvalue weighted by Gasteiger charge is -2.12. The number of hydrogen-bond acceptors (Lipinski definition) is 2. The molecule has 0 aliphatic heterocycles. The Morgan fingerprint density at radius 3 is 2.32 bits per heavy atom. The Morgan fingerprint density at radius 2 is 1.79 bits per heavy atom. The monoisotopic (exact) mass is 294 g/mol. The third-order valence-corrected chi connectivity index (χ3v) is 4.74. The molecule has 0 aliphatic carbocycles. The van der Waals surface area contributed by atoms with Crippen molar-refractivity contribution in [1.82, 2.24) is 0 Å². The van der Waals surface area contributed by atoms with Crippen molar-refractivity contribution in [3.63, 3.8) is 0 Å². The van der Waals surface area contributed by atoms with Crippen molar-refractivity contribution < 1.29 is 4.74 Å². The number of benzene rings is 1. The lowest BCUT2D eigenvalue weighted by Crippen LogP contribution is -2.05. The molecule has 0 radical (unpaired) electrons. The predicted molar refractivity (Wildman–Crippen MR) is 83.6 cm³/mol. The van der Waals surface area contributed by atoms with Gasteiger partial charge in [-0.1, -0.05) is 19.1 Å².